The topological polar surface area (TPSA) is 101 Å². The second-order valence-corrected chi connectivity index (χ2v) is 8.98. The molecule has 0 radical (unpaired) electrons. The number of esters is 1. The van der Waals surface area contributed by atoms with Crippen LogP contribution in [0, 0.1) is 5.82 Å². The molecule has 1 heterocycles. The third kappa shape index (κ3) is 4.88. The van der Waals surface area contributed by atoms with Gasteiger partial charge < -0.3 is 14.5 Å². The molecule has 0 spiro atoms. The molecule has 0 saturated carbocycles. The summed E-state index contributed by atoms with van der Waals surface area (Å²) in [6.45, 7) is 5.36. The summed E-state index contributed by atoms with van der Waals surface area (Å²) in [6, 6.07) is 15.6. The first-order valence-corrected chi connectivity index (χ1v) is 10.9. The molecule has 0 fully saturated rings. The normalized spacial score (nSPS) is 11.4. The minimum Gasteiger partial charge on any atom is -0.456 e. The molecule has 7 nitrogen and oxygen atoms in total. The predicted octanol–water partition coefficient (Wildman–Crippen LogP) is 6.02. The standard InChI is InChI=1S/C27H25FN2O5/c1-27(2,3)35-26(32)17-7-5-6-16(12-17)19-13-20-22(14-21(19)30-33)34-24(23(20)25(31)29-4)15-8-10-18(28)11-9-15/h5-14,30,33H,1-4H3,(H,29,31). The Bertz CT molecular complexity index is 1420. The maximum Gasteiger partial charge on any atom is 0.338 e. The Kier molecular flexibility index (Phi) is 6.32. The first kappa shape index (κ1) is 24.0. The van der Waals surface area contributed by atoms with Crippen LogP contribution in [0.4, 0.5) is 10.1 Å². The number of ether oxygens (including phenoxy) is 1. The Morgan fingerprint density at radius 2 is 1.71 bits per heavy atom. The van der Waals surface area contributed by atoms with Gasteiger partial charge in [-0.25, -0.2) is 9.18 Å². The van der Waals surface area contributed by atoms with Crippen LogP contribution in [0.5, 0.6) is 0 Å². The summed E-state index contributed by atoms with van der Waals surface area (Å²) in [7, 11) is 1.50. The fourth-order valence-corrected chi connectivity index (χ4v) is 3.78. The van der Waals surface area contributed by atoms with E-state index in [1.54, 1.807) is 57.2 Å². The minimum absolute atomic E-state index is 0.267. The molecule has 0 aliphatic rings. The molecule has 4 aromatic rings. The van der Waals surface area contributed by atoms with Gasteiger partial charge >= 0.3 is 5.97 Å². The van der Waals surface area contributed by atoms with Crippen LogP contribution in [0.3, 0.4) is 0 Å². The quantitative estimate of drug-likeness (QED) is 0.240. The van der Waals surface area contributed by atoms with Gasteiger partial charge in [-0.15, -0.1) is 0 Å². The largest absolute Gasteiger partial charge is 0.456 e. The molecule has 180 valence electrons. The average Bonchev–Trinajstić information content (AvgIpc) is 3.20. The van der Waals surface area contributed by atoms with Gasteiger partial charge in [0, 0.05) is 29.6 Å². The Morgan fingerprint density at radius 1 is 1.00 bits per heavy atom. The predicted molar refractivity (Wildman–Crippen MR) is 131 cm³/mol. The average molecular weight is 477 g/mol. The van der Waals surface area contributed by atoms with Gasteiger partial charge in [0.2, 0.25) is 0 Å². The number of hydrogen-bond acceptors (Lipinski definition) is 6. The summed E-state index contributed by atoms with van der Waals surface area (Å²) in [4.78, 5) is 25.5. The van der Waals surface area contributed by atoms with E-state index < -0.39 is 17.4 Å². The van der Waals surface area contributed by atoms with Crippen LogP contribution in [-0.4, -0.2) is 29.7 Å². The first-order valence-electron chi connectivity index (χ1n) is 10.9. The number of anilines is 1. The lowest BCUT2D eigenvalue weighted by Crippen LogP contribution is -2.23. The Hall–Kier alpha value is -4.17. The zero-order chi connectivity index (χ0) is 25.3. The molecule has 8 heteroatoms. The van der Waals surface area contributed by atoms with Crippen molar-refractivity contribution in [3.8, 4) is 22.5 Å². The second-order valence-electron chi connectivity index (χ2n) is 8.98. The van der Waals surface area contributed by atoms with E-state index in [-0.39, 0.29) is 17.2 Å². The Morgan fingerprint density at radius 3 is 2.34 bits per heavy atom. The van der Waals surface area contributed by atoms with Crippen molar-refractivity contribution < 1.29 is 28.3 Å². The van der Waals surface area contributed by atoms with Crippen molar-refractivity contribution in [2.75, 3.05) is 12.5 Å². The number of rotatable bonds is 5. The number of carbonyl (C=O) groups is 2. The first-order chi connectivity index (χ1) is 16.6. The zero-order valence-corrected chi connectivity index (χ0v) is 19.7. The second kappa shape index (κ2) is 9.23. The Labute approximate surface area is 201 Å². The van der Waals surface area contributed by atoms with Gasteiger partial charge in [-0.3, -0.25) is 15.5 Å². The van der Waals surface area contributed by atoms with Crippen LogP contribution in [0.1, 0.15) is 41.5 Å². The fraction of sp³-hybridized carbons (Fsp3) is 0.185. The monoisotopic (exact) mass is 476 g/mol. The van der Waals surface area contributed by atoms with E-state index in [1.165, 1.54) is 31.3 Å². The number of nitrogens with one attached hydrogen (secondary N) is 2. The molecule has 0 atom stereocenters. The highest BCUT2D eigenvalue weighted by Crippen LogP contribution is 2.39. The summed E-state index contributed by atoms with van der Waals surface area (Å²) in [5.41, 5.74) is 4.43. The molecular formula is C27H25FN2O5. The number of benzene rings is 3. The van der Waals surface area contributed by atoms with Crippen molar-refractivity contribution >= 4 is 28.5 Å². The summed E-state index contributed by atoms with van der Waals surface area (Å²) in [5.74, 6) is -1.01. The minimum atomic E-state index is -0.653. The summed E-state index contributed by atoms with van der Waals surface area (Å²) < 4.78 is 24.9. The molecule has 3 aromatic carbocycles. The van der Waals surface area contributed by atoms with Gasteiger partial charge in [0.15, 0.2) is 0 Å². The number of carbonyl (C=O) groups excluding carboxylic acids is 2. The highest BCUT2D eigenvalue weighted by atomic mass is 19.1. The smallest absolute Gasteiger partial charge is 0.338 e. The Balaban J connectivity index is 1.90. The molecule has 0 bridgehead atoms. The van der Waals surface area contributed by atoms with Crippen LogP contribution in [0.15, 0.2) is 65.1 Å². The zero-order valence-electron chi connectivity index (χ0n) is 19.7. The lowest BCUT2D eigenvalue weighted by molar-refractivity contribution is 0.00694. The van der Waals surface area contributed by atoms with Crippen LogP contribution in [0.2, 0.25) is 0 Å². The number of furan rings is 1. The SMILES string of the molecule is CNC(=O)c1c(-c2ccc(F)cc2)oc2cc(NO)c(-c3cccc(C(=O)OC(C)(C)C)c3)cc12. The maximum atomic E-state index is 13.5. The number of amides is 1. The lowest BCUT2D eigenvalue weighted by atomic mass is 9.97. The molecule has 35 heavy (non-hydrogen) atoms. The molecule has 0 saturated heterocycles. The maximum absolute atomic E-state index is 13.5. The van der Waals surface area contributed by atoms with E-state index >= 15 is 0 Å². The molecule has 4 rings (SSSR count). The van der Waals surface area contributed by atoms with E-state index in [9.17, 15) is 19.2 Å². The van der Waals surface area contributed by atoms with Gasteiger partial charge in [-0.05, 0) is 68.8 Å². The number of hydrogen-bond donors (Lipinski definition) is 3. The summed E-state index contributed by atoms with van der Waals surface area (Å²) >= 11 is 0. The van der Waals surface area contributed by atoms with E-state index in [1.807, 2.05) is 0 Å². The van der Waals surface area contributed by atoms with Crippen molar-refractivity contribution in [1.29, 1.82) is 0 Å². The molecular weight excluding hydrogens is 451 g/mol. The van der Waals surface area contributed by atoms with Crippen molar-refractivity contribution in [1.82, 2.24) is 5.32 Å². The van der Waals surface area contributed by atoms with Gasteiger partial charge in [-0.2, -0.15) is 0 Å². The highest BCUT2D eigenvalue weighted by Gasteiger charge is 2.24. The number of halogens is 1. The van der Waals surface area contributed by atoms with E-state index in [0.717, 1.165) is 0 Å². The molecule has 3 N–H and O–H groups in total. The van der Waals surface area contributed by atoms with Crippen LogP contribution < -0.4 is 10.8 Å². The molecule has 0 aliphatic heterocycles. The molecule has 1 aromatic heterocycles. The van der Waals surface area contributed by atoms with Crippen molar-refractivity contribution in [3.63, 3.8) is 0 Å². The van der Waals surface area contributed by atoms with Crippen molar-refractivity contribution in [2.24, 2.45) is 0 Å². The van der Waals surface area contributed by atoms with E-state index in [4.69, 9.17) is 9.15 Å². The highest BCUT2D eigenvalue weighted by molar-refractivity contribution is 6.12. The molecule has 1 amide bonds. The summed E-state index contributed by atoms with van der Waals surface area (Å²) in [5, 5.41) is 12.9. The van der Waals surface area contributed by atoms with Crippen LogP contribution in [0.25, 0.3) is 33.4 Å². The van der Waals surface area contributed by atoms with E-state index in [2.05, 4.69) is 10.8 Å². The van der Waals surface area contributed by atoms with Gasteiger partial charge in [0.05, 0.1) is 16.8 Å². The van der Waals surface area contributed by atoms with Crippen molar-refractivity contribution in [2.45, 2.75) is 26.4 Å². The third-order valence-corrected chi connectivity index (χ3v) is 5.32. The fourth-order valence-electron chi connectivity index (χ4n) is 3.78. The van der Waals surface area contributed by atoms with Crippen LogP contribution in [-0.2, 0) is 4.74 Å². The third-order valence-electron chi connectivity index (χ3n) is 5.32. The molecule has 0 aliphatic carbocycles. The van der Waals surface area contributed by atoms with Crippen molar-refractivity contribution in [3.05, 3.63) is 77.6 Å². The summed E-state index contributed by atoms with van der Waals surface area (Å²) in [6.07, 6.45) is 0. The van der Waals surface area contributed by atoms with E-state index in [0.29, 0.717) is 38.9 Å². The lowest BCUT2D eigenvalue weighted by Gasteiger charge is -2.19. The molecule has 0 unspecified atom stereocenters. The van der Waals surface area contributed by atoms with Gasteiger partial charge in [-0.1, -0.05) is 12.1 Å². The number of fused-ring (bicyclic) bond motifs is 1. The van der Waals surface area contributed by atoms with Crippen LogP contribution >= 0.6 is 0 Å². The van der Waals surface area contributed by atoms with Gasteiger partial charge in [0.1, 0.15) is 22.8 Å². The van der Waals surface area contributed by atoms with Gasteiger partial charge in [0.25, 0.3) is 5.91 Å².